The first-order valence-corrected chi connectivity index (χ1v) is 27.3. The third kappa shape index (κ3) is 20.6. The van der Waals surface area contributed by atoms with Crippen LogP contribution in [0.25, 0.3) is 10.8 Å². The van der Waals surface area contributed by atoms with Gasteiger partial charge in [-0.3, -0.25) is 52.5 Å². The molecule has 27 nitrogen and oxygen atoms in total. The fourth-order valence-corrected chi connectivity index (χ4v) is 8.76. The normalized spacial score (nSPS) is 13.6. The molecule has 0 saturated heterocycles. The van der Waals surface area contributed by atoms with Gasteiger partial charge in [0, 0.05) is 61.3 Å². The van der Waals surface area contributed by atoms with Crippen molar-refractivity contribution in [3.8, 4) is 0 Å². The van der Waals surface area contributed by atoms with Gasteiger partial charge in [0.05, 0.1) is 24.2 Å². The minimum Gasteiger partial charge on any atom is -0.481 e. The van der Waals surface area contributed by atoms with E-state index < -0.39 is 137 Å². The van der Waals surface area contributed by atoms with E-state index in [9.17, 15) is 71.1 Å². The Morgan fingerprint density at radius 2 is 1.12 bits per heavy atom. The van der Waals surface area contributed by atoms with E-state index in [0.717, 1.165) is 5.69 Å². The molecule has 4 aromatic carbocycles. The van der Waals surface area contributed by atoms with Gasteiger partial charge in [0.2, 0.25) is 41.4 Å². The first kappa shape index (κ1) is 65.5. The highest BCUT2D eigenvalue weighted by atomic mass is 32.2. The molecule has 4 rings (SSSR count). The molecule has 6 atom stereocenters. The van der Waals surface area contributed by atoms with Crippen molar-refractivity contribution in [2.75, 3.05) is 37.4 Å². The van der Waals surface area contributed by atoms with E-state index in [-0.39, 0.29) is 41.3 Å². The maximum atomic E-state index is 13.9. The quantitative estimate of drug-likeness (QED) is 0.0195. The first-order valence-electron chi connectivity index (χ1n) is 25.9. The van der Waals surface area contributed by atoms with E-state index in [1.807, 2.05) is 31.1 Å². The molecule has 0 radical (unpaired) electrons. The summed E-state index contributed by atoms with van der Waals surface area (Å²) < 4.78 is 33.5. The number of aliphatic carboxylic acids is 2. The molecule has 0 aromatic heterocycles. The summed E-state index contributed by atoms with van der Waals surface area (Å²) >= 11 is 0. The zero-order chi connectivity index (χ0) is 61.0. The highest BCUT2D eigenvalue weighted by molar-refractivity contribution is 7.86. The van der Waals surface area contributed by atoms with Gasteiger partial charge >= 0.3 is 11.9 Å². The van der Waals surface area contributed by atoms with Crippen LogP contribution in [0.3, 0.4) is 0 Å². The highest BCUT2D eigenvalue weighted by Gasteiger charge is 2.35. The molecule has 0 bridgehead atoms. The van der Waals surface area contributed by atoms with Gasteiger partial charge < -0.3 is 63.4 Å². The summed E-state index contributed by atoms with van der Waals surface area (Å²) in [4.78, 5) is 133. The maximum Gasteiger partial charge on any atom is 0.305 e. The number of rotatable bonds is 31. The molecule has 4 aromatic rings. The molecule has 13 N–H and O–H groups in total. The topological polar surface area (TPSA) is 416 Å². The second-order valence-corrected chi connectivity index (χ2v) is 21.4. The second-order valence-electron chi connectivity index (χ2n) is 20.0. The first-order chi connectivity index (χ1) is 38.5. The predicted molar refractivity (Wildman–Crippen MR) is 300 cm³/mol. The van der Waals surface area contributed by atoms with E-state index in [2.05, 4.69) is 52.8 Å². The van der Waals surface area contributed by atoms with Gasteiger partial charge in [0.15, 0.2) is 0 Å². The number of nitrogens with one attached hydrogen (secondary N) is 8. The summed E-state index contributed by atoms with van der Waals surface area (Å²) in [6, 6.07) is 13.0. The van der Waals surface area contributed by atoms with Crippen LogP contribution in [0, 0.1) is 11.8 Å². The average Bonchev–Trinajstić information content (AvgIpc) is 3.58. The molecule has 8 amide bonds. The number of benzene rings is 4. The van der Waals surface area contributed by atoms with Crippen LogP contribution in [0.4, 0.5) is 22.7 Å². The Balaban J connectivity index is 1.40. The van der Waals surface area contributed by atoms with Crippen molar-refractivity contribution in [3.63, 3.8) is 0 Å². The molecule has 0 aliphatic heterocycles. The molecule has 82 heavy (non-hydrogen) atoms. The second kappa shape index (κ2) is 30.5. The molecule has 0 saturated carbocycles. The zero-order valence-electron chi connectivity index (χ0n) is 46.2. The lowest BCUT2D eigenvalue weighted by atomic mass is 10.0. The van der Waals surface area contributed by atoms with Crippen LogP contribution in [0.5, 0.6) is 0 Å². The van der Waals surface area contributed by atoms with Crippen LogP contribution in [-0.4, -0.2) is 146 Å². The van der Waals surface area contributed by atoms with E-state index in [0.29, 0.717) is 22.4 Å². The largest absolute Gasteiger partial charge is 0.481 e. The van der Waals surface area contributed by atoms with Crippen molar-refractivity contribution in [2.24, 2.45) is 27.8 Å². The number of nitrogens with zero attached hydrogens (tertiary/aromatic N) is 3. The van der Waals surface area contributed by atoms with Gasteiger partial charge in [0.1, 0.15) is 41.1 Å². The average molecular weight is 1160 g/mol. The number of carboxylic acids is 2. The van der Waals surface area contributed by atoms with E-state index in [4.69, 9.17) is 5.73 Å². The molecule has 0 fully saturated rings. The predicted octanol–water partition coefficient (Wildman–Crippen LogP) is 2.26. The van der Waals surface area contributed by atoms with Crippen molar-refractivity contribution in [1.82, 2.24) is 37.2 Å². The Kier molecular flexibility index (Phi) is 24.4. The fraction of sp³-hybridized carbons (Fsp3) is 0.407. The Bertz CT molecular complexity index is 3120. The molecule has 0 spiro atoms. The molecule has 442 valence electrons. The van der Waals surface area contributed by atoms with Crippen LogP contribution in [0.1, 0.15) is 77.1 Å². The number of anilines is 2. The van der Waals surface area contributed by atoms with E-state index in [1.165, 1.54) is 37.3 Å². The lowest BCUT2D eigenvalue weighted by Gasteiger charge is -2.28. The SMILES string of the molecule is CC(C)C[C@H](NC(=O)[C@H](CC(N)=O)NC(=O)[C@@H](NC(=O)c1ccc(N=Nc2ccc(N(C)C)cc2)cc1)C(C)C)C(=O)N[C@@H](CC(=O)O)C(=O)N[C@@H](C)C(=O)N[C@@H](CCC(=O)O)C(=O)NCCNc1cccc2c(S(=O)(=O)O)cccc12. The Hall–Kier alpha value is -9.05. The number of carbonyl (C=O) groups excluding carboxylic acids is 8. The molecule has 0 heterocycles. The summed E-state index contributed by atoms with van der Waals surface area (Å²) in [5.74, 6) is -11.5. The van der Waals surface area contributed by atoms with Gasteiger partial charge in [-0.25, -0.2) is 0 Å². The Labute approximate surface area is 473 Å². The summed E-state index contributed by atoms with van der Waals surface area (Å²) in [7, 11) is -0.730. The van der Waals surface area contributed by atoms with Crippen LogP contribution >= 0.6 is 0 Å². The highest BCUT2D eigenvalue weighted by Crippen LogP contribution is 2.29. The number of hydrogen-bond donors (Lipinski definition) is 12. The van der Waals surface area contributed by atoms with Crippen molar-refractivity contribution >= 4 is 103 Å². The summed E-state index contributed by atoms with van der Waals surface area (Å²) in [5.41, 5.74) is 8.09. The number of fused-ring (bicyclic) bond motifs is 1. The minimum absolute atomic E-state index is 0.0533. The third-order valence-electron chi connectivity index (χ3n) is 12.3. The Morgan fingerprint density at radius 3 is 1.68 bits per heavy atom. The van der Waals surface area contributed by atoms with Crippen molar-refractivity contribution in [2.45, 2.75) is 108 Å². The Morgan fingerprint density at radius 1 is 0.585 bits per heavy atom. The molecular weight excluding hydrogens is 1090 g/mol. The zero-order valence-corrected chi connectivity index (χ0v) is 47.0. The van der Waals surface area contributed by atoms with E-state index in [1.54, 1.807) is 70.2 Å². The smallest absolute Gasteiger partial charge is 0.305 e. The fourth-order valence-electron chi connectivity index (χ4n) is 8.05. The molecule has 28 heteroatoms. The van der Waals surface area contributed by atoms with Crippen molar-refractivity contribution in [1.29, 1.82) is 0 Å². The number of nitrogens with two attached hydrogens (primary N) is 1. The molecule has 0 aliphatic rings. The van der Waals surface area contributed by atoms with Gasteiger partial charge in [0.25, 0.3) is 16.0 Å². The van der Waals surface area contributed by atoms with Crippen LogP contribution in [-0.2, 0) is 53.3 Å². The summed E-state index contributed by atoms with van der Waals surface area (Å²) in [6.45, 7) is 7.72. The maximum absolute atomic E-state index is 13.9. The standard InChI is InChI=1S/C54H70N12O15S/c1-29(2)26-40(60-53(77)41(27-44(55)67)62-54(78)47(30(3)4)63-49(73)32-14-16-33(17-15-32)64-65-34-18-20-35(21-19-34)66(6)7)52(76)61-42(28-46(70)71)51(75)58-31(5)48(72)59-39(22-23-45(68)69)50(74)57-25-24-56-38-12-8-11-37-36(38)10-9-13-43(37)82(79,80)81/h8-21,29-31,39-42,47,56H,22-28H2,1-7H3,(H2,55,67)(H,57,74)(H,58,75)(H,59,72)(H,60,77)(H,61,76)(H,62,78)(H,63,73)(H,68,69)(H,70,71)(H,79,80,81)/t31-,39-,40-,41-,42-,47-/m0/s1. The third-order valence-corrected chi connectivity index (χ3v) is 13.2. The van der Waals surface area contributed by atoms with Crippen LogP contribution in [0.2, 0.25) is 0 Å². The lowest BCUT2D eigenvalue weighted by Crippen LogP contribution is -2.60. The molecular formula is C54H70N12O15S. The molecule has 0 aliphatic carbocycles. The number of carboxylic acid groups (broad SMARTS) is 2. The lowest BCUT2D eigenvalue weighted by molar-refractivity contribution is -0.142. The minimum atomic E-state index is -4.55. The van der Waals surface area contributed by atoms with Gasteiger partial charge in [-0.05, 0) is 92.3 Å². The van der Waals surface area contributed by atoms with Crippen molar-refractivity contribution < 1.29 is 71.1 Å². The van der Waals surface area contributed by atoms with Gasteiger partial charge in [-0.2, -0.15) is 18.6 Å². The monoisotopic (exact) mass is 1160 g/mol. The van der Waals surface area contributed by atoms with Gasteiger partial charge in [-0.15, -0.1) is 0 Å². The molecule has 0 unspecified atom stereocenters. The van der Waals surface area contributed by atoms with Crippen LogP contribution < -0.4 is 53.2 Å². The number of hydrogen-bond acceptors (Lipinski definition) is 16. The number of primary amides is 1. The number of amides is 8. The number of carbonyl (C=O) groups is 10. The van der Waals surface area contributed by atoms with E-state index >= 15 is 0 Å². The van der Waals surface area contributed by atoms with Crippen LogP contribution in [0.15, 0.2) is 100 Å². The summed E-state index contributed by atoms with van der Waals surface area (Å²) in [5, 5.41) is 48.2. The van der Waals surface area contributed by atoms with Gasteiger partial charge in [-0.1, -0.05) is 52.0 Å². The van der Waals surface area contributed by atoms with Crippen molar-refractivity contribution in [3.05, 3.63) is 90.5 Å². The number of azo groups is 1. The summed E-state index contributed by atoms with van der Waals surface area (Å²) in [6.07, 6.45) is -2.89.